The molecule has 1 heterocycles. The van der Waals surface area contributed by atoms with Crippen LogP contribution in [0, 0.1) is 5.92 Å². The van der Waals surface area contributed by atoms with Gasteiger partial charge in [0.2, 0.25) is 5.91 Å². The monoisotopic (exact) mass is 198 g/mol. The quantitative estimate of drug-likeness (QED) is 0.714. The zero-order valence-electron chi connectivity index (χ0n) is 9.47. The SMILES string of the molecule is CCCC(C)NC(=O)C1CCNC1C. The van der Waals surface area contributed by atoms with Crippen LogP contribution in [0.5, 0.6) is 0 Å². The Hall–Kier alpha value is -0.570. The van der Waals surface area contributed by atoms with Gasteiger partial charge in [0, 0.05) is 12.1 Å². The van der Waals surface area contributed by atoms with Crippen molar-refractivity contribution in [2.75, 3.05) is 6.54 Å². The fourth-order valence-electron chi connectivity index (χ4n) is 2.07. The predicted molar refractivity (Wildman–Crippen MR) is 58.1 cm³/mol. The molecule has 0 aromatic heterocycles. The zero-order chi connectivity index (χ0) is 10.6. The Bertz CT molecular complexity index is 194. The third kappa shape index (κ3) is 2.98. The molecule has 0 radical (unpaired) electrons. The van der Waals surface area contributed by atoms with Crippen LogP contribution in [-0.2, 0) is 4.79 Å². The number of carbonyl (C=O) groups excluding carboxylic acids is 1. The normalized spacial score (nSPS) is 28.8. The van der Waals surface area contributed by atoms with Crippen molar-refractivity contribution in [2.45, 2.75) is 52.1 Å². The van der Waals surface area contributed by atoms with Crippen molar-refractivity contribution in [3.63, 3.8) is 0 Å². The first-order valence-corrected chi connectivity index (χ1v) is 5.69. The van der Waals surface area contributed by atoms with Crippen LogP contribution in [0.3, 0.4) is 0 Å². The van der Waals surface area contributed by atoms with Gasteiger partial charge >= 0.3 is 0 Å². The second-order valence-electron chi connectivity index (χ2n) is 4.34. The third-order valence-corrected chi connectivity index (χ3v) is 2.97. The Morgan fingerprint density at radius 3 is 2.86 bits per heavy atom. The Morgan fingerprint density at radius 2 is 2.36 bits per heavy atom. The molecular formula is C11H22N2O. The minimum atomic E-state index is 0.175. The highest BCUT2D eigenvalue weighted by Crippen LogP contribution is 2.15. The summed E-state index contributed by atoms with van der Waals surface area (Å²) in [6, 6.07) is 0.657. The van der Waals surface area contributed by atoms with Gasteiger partial charge in [0.05, 0.1) is 5.92 Å². The maximum absolute atomic E-state index is 11.8. The molecule has 1 fully saturated rings. The summed E-state index contributed by atoms with van der Waals surface area (Å²) in [4.78, 5) is 11.8. The van der Waals surface area contributed by atoms with Crippen LogP contribution in [0.25, 0.3) is 0 Å². The van der Waals surface area contributed by atoms with E-state index in [-0.39, 0.29) is 11.8 Å². The molecule has 1 aliphatic heterocycles. The molecule has 0 spiro atoms. The average Bonchev–Trinajstić information content (AvgIpc) is 2.51. The van der Waals surface area contributed by atoms with Crippen LogP contribution in [0.1, 0.15) is 40.0 Å². The minimum Gasteiger partial charge on any atom is -0.353 e. The molecule has 0 bridgehead atoms. The standard InChI is InChI=1S/C11H22N2O/c1-4-5-8(2)13-11(14)10-6-7-12-9(10)3/h8-10,12H,4-7H2,1-3H3,(H,13,14). The Labute approximate surface area is 86.6 Å². The maximum Gasteiger partial charge on any atom is 0.224 e. The van der Waals surface area contributed by atoms with Gasteiger partial charge in [-0.1, -0.05) is 13.3 Å². The van der Waals surface area contributed by atoms with Crippen LogP contribution in [0.15, 0.2) is 0 Å². The summed E-state index contributed by atoms with van der Waals surface area (Å²) >= 11 is 0. The highest BCUT2D eigenvalue weighted by atomic mass is 16.2. The van der Waals surface area contributed by atoms with Crippen molar-refractivity contribution < 1.29 is 4.79 Å². The fraction of sp³-hybridized carbons (Fsp3) is 0.909. The number of rotatable bonds is 4. The van der Waals surface area contributed by atoms with Crippen LogP contribution in [-0.4, -0.2) is 24.5 Å². The molecule has 2 N–H and O–H groups in total. The zero-order valence-corrected chi connectivity index (χ0v) is 9.47. The molecule has 3 atom stereocenters. The van der Waals surface area contributed by atoms with Gasteiger partial charge in [-0.2, -0.15) is 0 Å². The van der Waals surface area contributed by atoms with Crippen LogP contribution < -0.4 is 10.6 Å². The second kappa shape index (κ2) is 5.35. The molecule has 3 heteroatoms. The van der Waals surface area contributed by atoms with E-state index in [2.05, 4.69) is 31.4 Å². The second-order valence-corrected chi connectivity index (χ2v) is 4.34. The third-order valence-electron chi connectivity index (χ3n) is 2.97. The van der Waals surface area contributed by atoms with Gasteiger partial charge in [-0.25, -0.2) is 0 Å². The first kappa shape index (κ1) is 11.5. The molecule has 1 saturated heterocycles. The number of amides is 1. The first-order chi connectivity index (χ1) is 6.65. The lowest BCUT2D eigenvalue weighted by Crippen LogP contribution is -2.40. The smallest absolute Gasteiger partial charge is 0.224 e. The molecule has 0 aromatic carbocycles. The minimum absolute atomic E-state index is 0.175. The van der Waals surface area contributed by atoms with E-state index >= 15 is 0 Å². The number of hydrogen-bond acceptors (Lipinski definition) is 2. The summed E-state index contributed by atoms with van der Waals surface area (Å²) < 4.78 is 0. The van der Waals surface area contributed by atoms with Crippen LogP contribution in [0.2, 0.25) is 0 Å². The van der Waals surface area contributed by atoms with Gasteiger partial charge in [0.25, 0.3) is 0 Å². The van der Waals surface area contributed by atoms with E-state index in [1.807, 2.05) is 0 Å². The summed E-state index contributed by atoms with van der Waals surface area (Å²) in [5.41, 5.74) is 0. The number of hydrogen-bond donors (Lipinski definition) is 2. The van der Waals surface area contributed by atoms with Gasteiger partial charge in [0.15, 0.2) is 0 Å². The molecule has 0 aliphatic carbocycles. The Morgan fingerprint density at radius 1 is 1.64 bits per heavy atom. The van der Waals surface area contributed by atoms with Crippen molar-refractivity contribution in [1.82, 2.24) is 10.6 Å². The summed E-state index contributed by atoms with van der Waals surface area (Å²) in [6.45, 7) is 7.28. The summed E-state index contributed by atoms with van der Waals surface area (Å²) in [5, 5.41) is 6.37. The van der Waals surface area contributed by atoms with E-state index < -0.39 is 0 Å². The molecule has 0 aromatic rings. The first-order valence-electron chi connectivity index (χ1n) is 5.69. The maximum atomic E-state index is 11.8. The Kier molecular flexibility index (Phi) is 4.39. The van der Waals surface area contributed by atoms with Crippen molar-refractivity contribution in [1.29, 1.82) is 0 Å². The molecule has 1 aliphatic rings. The number of nitrogens with one attached hydrogen (secondary N) is 2. The van der Waals surface area contributed by atoms with Crippen molar-refractivity contribution in [3.8, 4) is 0 Å². The summed E-state index contributed by atoms with van der Waals surface area (Å²) in [6.07, 6.45) is 3.17. The fourth-order valence-corrected chi connectivity index (χ4v) is 2.07. The lowest BCUT2D eigenvalue weighted by atomic mass is 10.0. The van der Waals surface area contributed by atoms with E-state index in [1.54, 1.807) is 0 Å². The molecule has 0 saturated carbocycles. The highest BCUT2D eigenvalue weighted by molar-refractivity contribution is 5.79. The van der Waals surface area contributed by atoms with Gasteiger partial charge < -0.3 is 10.6 Å². The molecule has 14 heavy (non-hydrogen) atoms. The highest BCUT2D eigenvalue weighted by Gasteiger charge is 2.29. The largest absolute Gasteiger partial charge is 0.353 e. The van der Waals surface area contributed by atoms with E-state index in [1.165, 1.54) is 0 Å². The van der Waals surface area contributed by atoms with Crippen molar-refractivity contribution in [2.24, 2.45) is 5.92 Å². The number of carbonyl (C=O) groups is 1. The average molecular weight is 198 g/mol. The molecule has 1 amide bonds. The summed E-state index contributed by atoms with van der Waals surface area (Å²) in [5.74, 6) is 0.401. The van der Waals surface area contributed by atoms with E-state index in [0.717, 1.165) is 25.8 Å². The summed E-state index contributed by atoms with van der Waals surface area (Å²) in [7, 11) is 0. The van der Waals surface area contributed by atoms with Crippen molar-refractivity contribution in [3.05, 3.63) is 0 Å². The topological polar surface area (TPSA) is 41.1 Å². The van der Waals surface area contributed by atoms with Crippen LogP contribution in [0.4, 0.5) is 0 Å². The van der Waals surface area contributed by atoms with Crippen LogP contribution >= 0.6 is 0 Å². The van der Waals surface area contributed by atoms with Gasteiger partial charge in [-0.15, -0.1) is 0 Å². The van der Waals surface area contributed by atoms with E-state index in [0.29, 0.717) is 12.1 Å². The predicted octanol–water partition coefficient (Wildman–Crippen LogP) is 1.29. The van der Waals surface area contributed by atoms with Gasteiger partial charge in [-0.3, -0.25) is 4.79 Å². The molecule has 3 nitrogen and oxygen atoms in total. The molecule has 82 valence electrons. The van der Waals surface area contributed by atoms with E-state index in [9.17, 15) is 4.79 Å². The lowest BCUT2D eigenvalue weighted by Gasteiger charge is -2.18. The molecule has 1 rings (SSSR count). The van der Waals surface area contributed by atoms with E-state index in [4.69, 9.17) is 0 Å². The van der Waals surface area contributed by atoms with Gasteiger partial charge in [-0.05, 0) is 33.2 Å². The molecular weight excluding hydrogens is 176 g/mol. The molecule has 3 unspecified atom stereocenters. The lowest BCUT2D eigenvalue weighted by molar-refractivity contribution is -0.125. The Balaban J connectivity index is 2.33. The van der Waals surface area contributed by atoms with Gasteiger partial charge in [0.1, 0.15) is 0 Å². The van der Waals surface area contributed by atoms with Crippen molar-refractivity contribution >= 4 is 5.91 Å².